The van der Waals surface area contributed by atoms with Crippen molar-refractivity contribution in [1.29, 1.82) is 0 Å². The van der Waals surface area contributed by atoms with E-state index in [-0.39, 0.29) is 30.5 Å². The Morgan fingerprint density at radius 1 is 1.09 bits per heavy atom. The summed E-state index contributed by atoms with van der Waals surface area (Å²) in [6, 6.07) is 19.0. The highest BCUT2D eigenvalue weighted by atomic mass is 32.1. The molecule has 0 atom stereocenters. The van der Waals surface area contributed by atoms with Crippen LogP contribution in [-0.2, 0) is 16.1 Å². The Kier molecular flexibility index (Phi) is 6.13. The average Bonchev–Trinajstić information content (AvgIpc) is 3.23. The van der Waals surface area contributed by atoms with E-state index in [0.29, 0.717) is 15.9 Å². The second-order valence-electron chi connectivity index (χ2n) is 7.53. The number of aromatic nitrogens is 2. The Hall–Kier alpha value is -3.78. The first kappa shape index (κ1) is 21.5. The summed E-state index contributed by atoms with van der Waals surface area (Å²) in [6.07, 6.45) is 1.38. The maximum Gasteiger partial charge on any atom is 0.271 e. The lowest BCUT2D eigenvalue weighted by molar-refractivity contribution is -0.133. The molecule has 0 aliphatic heterocycles. The third-order valence-electron chi connectivity index (χ3n) is 5.01. The van der Waals surface area contributed by atoms with Crippen molar-refractivity contribution in [2.24, 2.45) is 0 Å². The summed E-state index contributed by atoms with van der Waals surface area (Å²) in [4.78, 5) is 44.4. The number of nitrogens with zero attached hydrogens (tertiary/aromatic N) is 3. The molecule has 0 aliphatic carbocycles. The standard InChI is InChI=1S/C24H22N4O3S/c1-16-8-10-18(11-9-16)26-21(29)13-27(2)22(30)14-28-15-25-19-12-20(32-23(19)24(28)31)17-6-4-3-5-7-17/h3-12,15H,13-14H2,1-2H3,(H,26,29). The minimum atomic E-state index is -0.354. The first-order chi connectivity index (χ1) is 15.4. The molecular formula is C24H22N4O3S. The molecular weight excluding hydrogens is 424 g/mol. The van der Waals surface area contributed by atoms with Gasteiger partial charge in [-0.1, -0.05) is 48.0 Å². The molecule has 4 rings (SSSR count). The predicted molar refractivity (Wildman–Crippen MR) is 127 cm³/mol. The van der Waals surface area contributed by atoms with Gasteiger partial charge in [0.25, 0.3) is 5.56 Å². The number of hydrogen-bond donors (Lipinski definition) is 1. The van der Waals surface area contributed by atoms with Gasteiger partial charge in [-0.2, -0.15) is 0 Å². The number of amides is 2. The normalized spacial score (nSPS) is 10.8. The van der Waals surface area contributed by atoms with Crippen LogP contribution in [0.5, 0.6) is 0 Å². The molecule has 7 nitrogen and oxygen atoms in total. The third kappa shape index (κ3) is 4.76. The van der Waals surface area contributed by atoms with Gasteiger partial charge in [0, 0.05) is 17.6 Å². The van der Waals surface area contributed by atoms with Crippen molar-refractivity contribution < 1.29 is 9.59 Å². The van der Waals surface area contributed by atoms with Gasteiger partial charge in [-0.05, 0) is 30.7 Å². The summed E-state index contributed by atoms with van der Waals surface area (Å²) in [6.45, 7) is 1.66. The lowest BCUT2D eigenvalue weighted by Crippen LogP contribution is -2.38. The van der Waals surface area contributed by atoms with E-state index in [4.69, 9.17) is 0 Å². The average molecular weight is 447 g/mol. The molecule has 162 valence electrons. The molecule has 0 unspecified atom stereocenters. The molecule has 2 aromatic carbocycles. The number of likely N-dealkylation sites (N-methyl/N-ethyl adjacent to an activating group) is 1. The SMILES string of the molecule is Cc1ccc(NC(=O)CN(C)C(=O)Cn2cnc3cc(-c4ccccc4)sc3c2=O)cc1. The molecule has 0 saturated carbocycles. The zero-order chi connectivity index (χ0) is 22.7. The maximum atomic E-state index is 12.9. The van der Waals surface area contributed by atoms with Crippen LogP contribution < -0.4 is 10.9 Å². The number of carbonyl (C=O) groups is 2. The summed E-state index contributed by atoms with van der Waals surface area (Å²) in [5.74, 6) is -0.663. The first-order valence-corrected chi connectivity index (χ1v) is 10.9. The van der Waals surface area contributed by atoms with Crippen LogP contribution in [0.3, 0.4) is 0 Å². The molecule has 0 aliphatic rings. The van der Waals surface area contributed by atoms with Crippen molar-refractivity contribution in [3.63, 3.8) is 0 Å². The smallest absolute Gasteiger partial charge is 0.271 e. The molecule has 2 aromatic heterocycles. The third-order valence-corrected chi connectivity index (χ3v) is 6.17. The fraction of sp³-hybridized carbons (Fsp3) is 0.167. The molecule has 0 saturated heterocycles. The molecule has 2 amide bonds. The van der Waals surface area contributed by atoms with E-state index in [2.05, 4.69) is 10.3 Å². The number of carbonyl (C=O) groups excluding carboxylic acids is 2. The molecule has 1 N–H and O–H groups in total. The van der Waals surface area contributed by atoms with E-state index in [1.807, 2.05) is 55.5 Å². The highest BCUT2D eigenvalue weighted by molar-refractivity contribution is 7.22. The van der Waals surface area contributed by atoms with E-state index in [1.54, 1.807) is 12.1 Å². The van der Waals surface area contributed by atoms with Crippen molar-refractivity contribution >= 4 is 39.1 Å². The number of anilines is 1. The van der Waals surface area contributed by atoms with E-state index in [1.165, 1.54) is 34.2 Å². The Bertz CT molecular complexity index is 1330. The topological polar surface area (TPSA) is 84.3 Å². The van der Waals surface area contributed by atoms with Gasteiger partial charge >= 0.3 is 0 Å². The largest absolute Gasteiger partial charge is 0.335 e. The number of hydrogen-bond acceptors (Lipinski definition) is 5. The van der Waals surface area contributed by atoms with Gasteiger partial charge in [-0.15, -0.1) is 11.3 Å². The fourth-order valence-corrected chi connectivity index (χ4v) is 4.28. The van der Waals surface area contributed by atoms with Crippen LogP contribution in [0.25, 0.3) is 20.7 Å². The van der Waals surface area contributed by atoms with Gasteiger partial charge in [0.1, 0.15) is 11.2 Å². The maximum absolute atomic E-state index is 12.9. The molecule has 0 spiro atoms. The first-order valence-electron chi connectivity index (χ1n) is 10.1. The predicted octanol–water partition coefficient (Wildman–Crippen LogP) is 3.53. The number of thiophene rings is 1. The molecule has 8 heteroatoms. The van der Waals surface area contributed by atoms with Crippen LogP contribution in [0.4, 0.5) is 5.69 Å². The van der Waals surface area contributed by atoms with Crippen LogP contribution >= 0.6 is 11.3 Å². The lowest BCUT2D eigenvalue weighted by atomic mass is 10.2. The second kappa shape index (κ2) is 9.15. The minimum Gasteiger partial charge on any atom is -0.335 e. The van der Waals surface area contributed by atoms with Gasteiger partial charge in [0.05, 0.1) is 18.4 Å². The van der Waals surface area contributed by atoms with Gasteiger partial charge in [0.15, 0.2) is 0 Å². The monoisotopic (exact) mass is 446 g/mol. The highest BCUT2D eigenvalue weighted by Crippen LogP contribution is 2.30. The zero-order valence-electron chi connectivity index (χ0n) is 17.7. The van der Waals surface area contributed by atoms with Crippen LogP contribution in [-0.4, -0.2) is 39.9 Å². The molecule has 0 fully saturated rings. The summed E-state index contributed by atoms with van der Waals surface area (Å²) >= 11 is 1.35. The van der Waals surface area contributed by atoms with E-state index in [0.717, 1.165) is 16.0 Å². The van der Waals surface area contributed by atoms with Crippen LogP contribution in [0.1, 0.15) is 5.56 Å². The van der Waals surface area contributed by atoms with Crippen LogP contribution in [0.2, 0.25) is 0 Å². The molecule has 4 aromatic rings. The molecule has 2 heterocycles. The Labute approximate surface area is 189 Å². The van der Waals surface area contributed by atoms with Gasteiger partial charge in [-0.3, -0.25) is 19.0 Å². The van der Waals surface area contributed by atoms with Crippen molar-refractivity contribution in [3.8, 4) is 10.4 Å². The number of benzene rings is 2. The summed E-state index contributed by atoms with van der Waals surface area (Å²) < 4.78 is 1.78. The lowest BCUT2D eigenvalue weighted by Gasteiger charge is -2.17. The molecule has 0 bridgehead atoms. The van der Waals surface area contributed by atoms with E-state index in [9.17, 15) is 14.4 Å². The van der Waals surface area contributed by atoms with Gasteiger partial charge in [0.2, 0.25) is 11.8 Å². The Balaban J connectivity index is 1.44. The Morgan fingerprint density at radius 2 is 1.81 bits per heavy atom. The van der Waals surface area contributed by atoms with Crippen LogP contribution in [0.15, 0.2) is 71.8 Å². The van der Waals surface area contributed by atoms with Crippen LogP contribution in [0, 0.1) is 6.92 Å². The second-order valence-corrected chi connectivity index (χ2v) is 8.58. The number of rotatable bonds is 6. The Morgan fingerprint density at radius 3 is 2.53 bits per heavy atom. The number of fused-ring (bicyclic) bond motifs is 1. The molecule has 0 radical (unpaired) electrons. The van der Waals surface area contributed by atoms with Gasteiger partial charge < -0.3 is 10.2 Å². The number of nitrogens with one attached hydrogen (secondary N) is 1. The molecule has 32 heavy (non-hydrogen) atoms. The van der Waals surface area contributed by atoms with Crippen molar-refractivity contribution in [1.82, 2.24) is 14.5 Å². The zero-order valence-corrected chi connectivity index (χ0v) is 18.6. The summed E-state index contributed by atoms with van der Waals surface area (Å²) in [5, 5.41) is 2.76. The fourth-order valence-electron chi connectivity index (χ4n) is 3.21. The summed E-state index contributed by atoms with van der Waals surface area (Å²) in [5.41, 5.74) is 3.10. The van der Waals surface area contributed by atoms with Crippen molar-refractivity contribution in [3.05, 3.63) is 82.9 Å². The van der Waals surface area contributed by atoms with E-state index < -0.39 is 0 Å². The van der Waals surface area contributed by atoms with E-state index >= 15 is 0 Å². The minimum absolute atomic E-state index is 0.117. The summed E-state index contributed by atoms with van der Waals surface area (Å²) in [7, 11) is 1.53. The van der Waals surface area contributed by atoms with Gasteiger partial charge in [-0.25, -0.2) is 4.98 Å². The number of aryl methyl sites for hydroxylation is 1. The van der Waals surface area contributed by atoms with Crippen molar-refractivity contribution in [2.75, 3.05) is 18.9 Å². The highest BCUT2D eigenvalue weighted by Gasteiger charge is 2.16. The van der Waals surface area contributed by atoms with Crippen molar-refractivity contribution in [2.45, 2.75) is 13.5 Å². The quantitative estimate of drug-likeness (QED) is 0.491.